The number of hydrogen-bond donors (Lipinski definition) is 0. The zero-order chi connectivity index (χ0) is 20.6. The lowest BCUT2D eigenvalue weighted by molar-refractivity contribution is -0.141. The first-order valence-corrected chi connectivity index (χ1v) is 9.25. The van der Waals surface area contributed by atoms with E-state index in [1.54, 1.807) is 0 Å². The molecule has 0 radical (unpaired) electrons. The van der Waals surface area contributed by atoms with Gasteiger partial charge in [-0.15, -0.1) is 10.2 Å². The topological polar surface area (TPSA) is 91.5 Å². The number of hydrogen-bond acceptors (Lipinski definition) is 7. The first-order chi connectivity index (χ1) is 14.1. The van der Waals surface area contributed by atoms with Gasteiger partial charge in [-0.3, -0.25) is 9.59 Å². The summed E-state index contributed by atoms with van der Waals surface area (Å²) in [7, 11) is 2.77. The number of aromatic nitrogens is 2. The Bertz CT molecular complexity index is 884. The molecule has 3 rings (SSSR count). The highest BCUT2D eigenvalue weighted by molar-refractivity contribution is 5.70. The third-order valence-electron chi connectivity index (χ3n) is 4.52. The third-order valence-corrected chi connectivity index (χ3v) is 4.52. The van der Waals surface area contributed by atoms with E-state index in [9.17, 15) is 9.59 Å². The summed E-state index contributed by atoms with van der Waals surface area (Å²) in [5.74, 6) is 0.391. The molecule has 7 heteroatoms. The molecule has 0 unspecified atom stereocenters. The maximum Gasteiger partial charge on any atom is 0.305 e. The van der Waals surface area contributed by atoms with Crippen LogP contribution in [-0.2, 0) is 31.9 Å². The van der Waals surface area contributed by atoms with Crippen LogP contribution in [0.4, 0.5) is 0 Å². The highest BCUT2D eigenvalue weighted by Gasteiger charge is 2.11. The third kappa shape index (κ3) is 5.51. The van der Waals surface area contributed by atoms with Crippen LogP contribution in [0.2, 0.25) is 0 Å². The van der Waals surface area contributed by atoms with E-state index in [0.29, 0.717) is 37.5 Å². The summed E-state index contributed by atoms with van der Waals surface area (Å²) in [5.41, 5.74) is 3.67. The Balaban J connectivity index is 1.64. The van der Waals surface area contributed by atoms with Crippen LogP contribution >= 0.6 is 0 Å². The second-order valence-corrected chi connectivity index (χ2v) is 6.46. The molecule has 0 saturated carbocycles. The number of ether oxygens (including phenoxy) is 2. The molecule has 3 aromatic rings. The van der Waals surface area contributed by atoms with Gasteiger partial charge in [-0.25, -0.2) is 0 Å². The molecular formula is C22H22N2O5. The van der Waals surface area contributed by atoms with Crippen LogP contribution in [-0.4, -0.2) is 36.4 Å². The summed E-state index contributed by atoms with van der Waals surface area (Å²) in [6, 6.07) is 15.3. The Labute approximate surface area is 168 Å². The molecule has 0 fully saturated rings. The normalized spacial score (nSPS) is 10.6. The summed E-state index contributed by atoms with van der Waals surface area (Å²) in [4.78, 5) is 22.5. The Morgan fingerprint density at radius 2 is 1.10 bits per heavy atom. The van der Waals surface area contributed by atoms with Gasteiger partial charge in [-0.05, 0) is 48.2 Å². The lowest BCUT2D eigenvalue weighted by Gasteiger charge is -2.02. The Morgan fingerprint density at radius 1 is 0.724 bits per heavy atom. The molecule has 0 saturated heterocycles. The molecule has 1 heterocycles. The van der Waals surface area contributed by atoms with Gasteiger partial charge in [0.1, 0.15) is 0 Å². The number of aryl methyl sites for hydroxylation is 2. The van der Waals surface area contributed by atoms with Crippen molar-refractivity contribution in [3.63, 3.8) is 0 Å². The summed E-state index contributed by atoms with van der Waals surface area (Å²) >= 11 is 0. The number of carbonyl (C=O) groups is 2. The van der Waals surface area contributed by atoms with E-state index in [0.717, 1.165) is 22.3 Å². The molecule has 0 aliphatic carbocycles. The van der Waals surface area contributed by atoms with Gasteiger partial charge in [-0.2, -0.15) is 0 Å². The van der Waals surface area contributed by atoms with E-state index in [4.69, 9.17) is 4.42 Å². The zero-order valence-electron chi connectivity index (χ0n) is 16.4. The van der Waals surface area contributed by atoms with Crippen molar-refractivity contribution in [2.24, 2.45) is 0 Å². The molecule has 29 heavy (non-hydrogen) atoms. The molecule has 150 valence electrons. The lowest BCUT2D eigenvalue weighted by Crippen LogP contribution is -2.01. The average Bonchev–Trinajstić information content (AvgIpc) is 3.26. The van der Waals surface area contributed by atoms with Crippen molar-refractivity contribution in [2.45, 2.75) is 25.7 Å². The molecule has 0 aliphatic rings. The molecule has 7 nitrogen and oxygen atoms in total. The minimum atomic E-state index is -0.230. The maximum absolute atomic E-state index is 11.2. The number of benzene rings is 2. The molecule has 0 N–H and O–H groups in total. The van der Waals surface area contributed by atoms with Crippen LogP contribution in [0.15, 0.2) is 52.9 Å². The number of carbonyl (C=O) groups excluding carboxylic acids is 2. The van der Waals surface area contributed by atoms with Gasteiger partial charge in [0.15, 0.2) is 0 Å². The standard InChI is InChI=1S/C22H22N2O5/c1-27-19(25)13-7-15-3-9-17(10-4-15)21-23-24-22(29-21)18-11-5-16(6-12-18)8-14-20(26)28-2/h3-6,9-12H,7-8,13-14H2,1-2H3. The zero-order valence-corrected chi connectivity index (χ0v) is 16.4. The van der Waals surface area contributed by atoms with Crippen LogP contribution in [0.25, 0.3) is 22.9 Å². The van der Waals surface area contributed by atoms with Crippen molar-refractivity contribution in [1.82, 2.24) is 10.2 Å². The van der Waals surface area contributed by atoms with Gasteiger partial charge in [-0.1, -0.05) is 24.3 Å². The number of nitrogens with zero attached hydrogens (tertiary/aromatic N) is 2. The first kappa shape index (κ1) is 20.3. The quantitative estimate of drug-likeness (QED) is 0.539. The monoisotopic (exact) mass is 394 g/mol. The van der Waals surface area contributed by atoms with Gasteiger partial charge in [0.25, 0.3) is 0 Å². The minimum absolute atomic E-state index is 0.230. The predicted molar refractivity (Wildman–Crippen MR) is 106 cm³/mol. The highest BCUT2D eigenvalue weighted by Crippen LogP contribution is 2.25. The molecule has 2 aromatic carbocycles. The molecule has 0 bridgehead atoms. The lowest BCUT2D eigenvalue weighted by atomic mass is 10.1. The van der Waals surface area contributed by atoms with Gasteiger partial charge >= 0.3 is 11.9 Å². The number of methoxy groups -OCH3 is 2. The fourth-order valence-electron chi connectivity index (χ4n) is 2.78. The summed E-state index contributed by atoms with van der Waals surface area (Å²) < 4.78 is 15.1. The molecule has 0 aliphatic heterocycles. The Morgan fingerprint density at radius 3 is 1.45 bits per heavy atom. The maximum atomic E-state index is 11.2. The van der Waals surface area contributed by atoms with Crippen molar-refractivity contribution in [1.29, 1.82) is 0 Å². The predicted octanol–water partition coefficient (Wildman–Crippen LogP) is 3.61. The smallest absolute Gasteiger partial charge is 0.305 e. The molecule has 0 atom stereocenters. The summed E-state index contributed by atoms with van der Waals surface area (Å²) in [5, 5.41) is 8.24. The molecule has 1 aromatic heterocycles. The summed E-state index contributed by atoms with van der Waals surface area (Å²) in [6.45, 7) is 0. The fraction of sp³-hybridized carbons (Fsp3) is 0.273. The highest BCUT2D eigenvalue weighted by atomic mass is 16.5. The number of rotatable bonds is 8. The summed E-state index contributed by atoms with van der Waals surface area (Å²) in [6.07, 6.45) is 1.92. The largest absolute Gasteiger partial charge is 0.469 e. The Kier molecular flexibility index (Phi) is 6.73. The van der Waals surface area contributed by atoms with E-state index in [1.807, 2.05) is 48.5 Å². The SMILES string of the molecule is COC(=O)CCc1ccc(-c2nnc(-c3ccc(CCC(=O)OC)cc3)o2)cc1. The van der Waals surface area contributed by atoms with Gasteiger partial charge in [0.2, 0.25) is 11.8 Å². The van der Waals surface area contributed by atoms with Crippen molar-refractivity contribution in [2.75, 3.05) is 14.2 Å². The minimum Gasteiger partial charge on any atom is -0.469 e. The van der Waals surface area contributed by atoms with Crippen LogP contribution in [0.5, 0.6) is 0 Å². The molecular weight excluding hydrogens is 372 g/mol. The van der Waals surface area contributed by atoms with Crippen molar-refractivity contribution in [3.05, 3.63) is 59.7 Å². The van der Waals surface area contributed by atoms with E-state index < -0.39 is 0 Å². The number of esters is 2. The van der Waals surface area contributed by atoms with E-state index in [2.05, 4.69) is 19.7 Å². The molecule has 0 spiro atoms. The second kappa shape index (κ2) is 9.64. The molecule has 0 amide bonds. The first-order valence-electron chi connectivity index (χ1n) is 9.25. The van der Waals surface area contributed by atoms with Crippen molar-refractivity contribution >= 4 is 11.9 Å². The van der Waals surface area contributed by atoms with Crippen molar-refractivity contribution < 1.29 is 23.5 Å². The van der Waals surface area contributed by atoms with Crippen LogP contribution in [0, 0.1) is 0 Å². The van der Waals surface area contributed by atoms with E-state index in [1.165, 1.54) is 14.2 Å². The van der Waals surface area contributed by atoms with Crippen LogP contribution in [0.1, 0.15) is 24.0 Å². The second-order valence-electron chi connectivity index (χ2n) is 6.46. The average molecular weight is 394 g/mol. The van der Waals surface area contributed by atoms with Crippen LogP contribution in [0.3, 0.4) is 0 Å². The van der Waals surface area contributed by atoms with Crippen molar-refractivity contribution in [3.8, 4) is 22.9 Å². The fourth-order valence-corrected chi connectivity index (χ4v) is 2.78. The Hall–Kier alpha value is -3.48. The van der Waals surface area contributed by atoms with Gasteiger partial charge in [0.05, 0.1) is 14.2 Å². The van der Waals surface area contributed by atoms with Gasteiger partial charge < -0.3 is 13.9 Å². The van der Waals surface area contributed by atoms with Gasteiger partial charge in [0, 0.05) is 24.0 Å². The van der Waals surface area contributed by atoms with E-state index >= 15 is 0 Å². The van der Waals surface area contributed by atoms with E-state index in [-0.39, 0.29) is 11.9 Å². The van der Waals surface area contributed by atoms with Crippen LogP contribution < -0.4 is 0 Å².